The number of hydrogen-bond donors (Lipinski definition) is 2. The van der Waals surface area contributed by atoms with Crippen molar-refractivity contribution in [1.29, 1.82) is 0 Å². The molecule has 1 aromatic rings. The molecule has 0 heterocycles. The standard InChI is InChI=1S/C11H14O5/c1-3-16-11(14)10(15-2)8-6-7(12)4-5-9(8)13/h4-6,10,12-13H,3H2,1-2H3. The molecule has 0 saturated heterocycles. The molecular formula is C11H14O5. The molecule has 88 valence electrons. The van der Waals surface area contributed by atoms with Crippen LogP contribution in [0.4, 0.5) is 0 Å². The first-order valence-corrected chi connectivity index (χ1v) is 4.81. The number of esters is 1. The van der Waals surface area contributed by atoms with Crippen LogP contribution in [0.25, 0.3) is 0 Å². The summed E-state index contributed by atoms with van der Waals surface area (Å²) in [5.74, 6) is -0.789. The maximum atomic E-state index is 11.5. The third-order valence-corrected chi connectivity index (χ3v) is 2.03. The molecule has 0 radical (unpaired) electrons. The smallest absolute Gasteiger partial charge is 0.340 e. The molecule has 1 rings (SSSR count). The average Bonchev–Trinajstić information content (AvgIpc) is 2.24. The number of carbonyl (C=O) groups excluding carboxylic acids is 1. The second-order valence-electron chi connectivity index (χ2n) is 3.11. The molecule has 1 unspecified atom stereocenters. The molecular weight excluding hydrogens is 212 g/mol. The highest BCUT2D eigenvalue weighted by Crippen LogP contribution is 2.30. The van der Waals surface area contributed by atoms with E-state index in [1.807, 2.05) is 0 Å². The van der Waals surface area contributed by atoms with Crippen LogP contribution in [0, 0.1) is 0 Å². The summed E-state index contributed by atoms with van der Waals surface area (Å²) in [6, 6.07) is 3.87. The zero-order valence-electron chi connectivity index (χ0n) is 9.14. The number of rotatable bonds is 4. The second-order valence-corrected chi connectivity index (χ2v) is 3.11. The maximum Gasteiger partial charge on any atom is 0.340 e. The van der Waals surface area contributed by atoms with Crippen LogP contribution < -0.4 is 0 Å². The van der Waals surface area contributed by atoms with Gasteiger partial charge in [-0.3, -0.25) is 0 Å². The molecule has 0 amide bonds. The minimum atomic E-state index is -1.04. The molecule has 16 heavy (non-hydrogen) atoms. The average molecular weight is 226 g/mol. The Bertz CT molecular complexity index is 375. The summed E-state index contributed by atoms with van der Waals surface area (Å²) in [6.45, 7) is 1.89. The lowest BCUT2D eigenvalue weighted by molar-refractivity contribution is -0.155. The Labute approximate surface area is 93.2 Å². The normalized spacial score (nSPS) is 12.1. The quantitative estimate of drug-likeness (QED) is 0.598. The van der Waals surface area contributed by atoms with Gasteiger partial charge in [-0.05, 0) is 25.1 Å². The highest BCUT2D eigenvalue weighted by atomic mass is 16.6. The molecule has 0 aliphatic rings. The molecule has 5 nitrogen and oxygen atoms in total. The van der Waals surface area contributed by atoms with Crippen molar-refractivity contribution in [3.63, 3.8) is 0 Å². The number of hydrogen-bond acceptors (Lipinski definition) is 5. The number of phenols is 2. The topological polar surface area (TPSA) is 76.0 Å². The summed E-state index contributed by atoms with van der Waals surface area (Å²) in [5.41, 5.74) is 0.181. The summed E-state index contributed by atoms with van der Waals surface area (Å²) in [6.07, 6.45) is -1.04. The monoisotopic (exact) mass is 226 g/mol. The van der Waals surface area contributed by atoms with Gasteiger partial charge in [-0.25, -0.2) is 4.79 Å². The van der Waals surface area contributed by atoms with Crippen molar-refractivity contribution < 1.29 is 24.5 Å². The summed E-state index contributed by atoms with van der Waals surface area (Å²) in [4.78, 5) is 11.5. The zero-order valence-corrected chi connectivity index (χ0v) is 9.14. The first-order chi connectivity index (χ1) is 7.60. The number of phenolic OH excluding ortho intramolecular Hbond substituents is 2. The maximum absolute atomic E-state index is 11.5. The van der Waals surface area contributed by atoms with E-state index in [0.29, 0.717) is 0 Å². The van der Waals surface area contributed by atoms with Gasteiger partial charge >= 0.3 is 5.97 Å². The summed E-state index contributed by atoms with van der Waals surface area (Å²) in [7, 11) is 1.32. The highest BCUT2D eigenvalue weighted by molar-refractivity contribution is 5.77. The Morgan fingerprint density at radius 1 is 1.44 bits per heavy atom. The van der Waals surface area contributed by atoms with Crippen LogP contribution in [-0.4, -0.2) is 29.9 Å². The predicted molar refractivity (Wildman–Crippen MR) is 56.2 cm³/mol. The van der Waals surface area contributed by atoms with Crippen LogP contribution >= 0.6 is 0 Å². The lowest BCUT2D eigenvalue weighted by Crippen LogP contribution is -2.17. The van der Waals surface area contributed by atoms with Gasteiger partial charge in [0.1, 0.15) is 11.5 Å². The number of ether oxygens (including phenoxy) is 2. The number of aromatic hydroxyl groups is 2. The van der Waals surface area contributed by atoms with Crippen LogP contribution in [0.2, 0.25) is 0 Å². The lowest BCUT2D eigenvalue weighted by atomic mass is 10.1. The fraction of sp³-hybridized carbons (Fsp3) is 0.364. The Hall–Kier alpha value is -1.75. The van der Waals surface area contributed by atoms with Crippen molar-refractivity contribution in [2.45, 2.75) is 13.0 Å². The molecule has 1 aromatic carbocycles. The van der Waals surface area contributed by atoms with E-state index in [0.717, 1.165) is 0 Å². The van der Waals surface area contributed by atoms with Gasteiger partial charge in [-0.1, -0.05) is 0 Å². The highest BCUT2D eigenvalue weighted by Gasteiger charge is 2.24. The van der Waals surface area contributed by atoms with Crippen molar-refractivity contribution in [1.82, 2.24) is 0 Å². The van der Waals surface area contributed by atoms with Crippen LogP contribution in [0.3, 0.4) is 0 Å². The Kier molecular flexibility index (Phi) is 4.13. The number of carbonyl (C=O) groups is 1. The first-order valence-electron chi connectivity index (χ1n) is 4.81. The van der Waals surface area contributed by atoms with Gasteiger partial charge in [0.25, 0.3) is 0 Å². The van der Waals surface area contributed by atoms with E-state index in [2.05, 4.69) is 0 Å². The van der Waals surface area contributed by atoms with Gasteiger partial charge in [0, 0.05) is 12.7 Å². The van der Waals surface area contributed by atoms with Crippen LogP contribution in [0.15, 0.2) is 18.2 Å². The molecule has 5 heteroatoms. The lowest BCUT2D eigenvalue weighted by Gasteiger charge is -2.15. The molecule has 0 spiro atoms. The van der Waals surface area contributed by atoms with E-state index in [4.69, 9.17) is 9.47 Å². The second kappa shape index (κ2) is 5.37. The molecule has 0 aliphatic heterocycles. The van der Waals surface area contributed by atoms with Gasteiger partial charge in [0.15, 0.2) is 6.10 Å². The molecule has 0 aromatic heterocycles. The van der Waals surface area contributed by atoms with Crippen LogP contribution in [0.1, 0.15) is 18.6 Å². The summed E-state index contributed by atoms with van der Waals surface area (Å²) < 4.78 is 9.73. The minimum Gasteiger partial charge on any atom is -0.508 e. The van der Waals surface area contributed by atoms with Crippen molar-refractivity contribution in [3.05, 3.63) is 23.8 Å². The summed E-state index contributed by atoms with van der Waals surface area (Å²) in [5, 5.41) is 18.8. The Morgan fingerprint density at radius 3 is 2.69 bits per heavy atom. The molecule has 2 N–H and O–H groups in total. The van der Waals surface area contributed by atoms with E-state index in [9.17, 15) is 15.0 Å². The minimum absolute atomic E-state index is 0.0563. The molecule has 0 fully saturated rings. The van der Waals surface area contributed by atoms with Gasteiger partial charge in [-0.2, -0.15) is 0 Å². The Balaban J connectivity index is 3.03. The summed E-state index contributed by atoms with van der Waals surface area (Å²) >= 11 is 0. The zero-order chi connectivity index (χ0) is 12.1. The van der Waals surface area contributed by atoms with Crippen molar-refractivity contribution in [2.75, 3.05) is 13.7 Å². The fourth-order valence-electron chi connectivity index (χ4n) is 1.32. The van der Waals surface area contributed by atoms with Gasteiger partial charge < -0.3 is 19.7 Å². The Morgan fingerprint density at radius 2 is 2.12 bits per heavy atom. The van der Waals surface area contributed by atoms with Crippen molar-refractivity contribution in [2.24, 2.45) is 0 Å². The third kappa shape index (κ3) is 2.64. The number of methoxy groups -OCH3 is 1. The van der Waals surface area contributed by atoms with Gasteiger partial charge in [-0.15, -0.1) is 0 Å². The molecule has 0 aliphatic carbocycles. The van der Waals surface area contributed by atoms with E-state index >= 15 is 0 Å². The van der Waals surface area contributed by atoms with E-state index < -0.39 is 12.1 Å². The van der Waals surface area contributed by atoms with E-state index in [1.165, 1.54) is 25.3 Å². The van der Waals surface area contributed by atoms with Crippen molar-refractivity contribution in [3.8, 4) is 11.5 Å². The molecule has 1 atom stereocenters. The number of benzene rings is 1. The molecule has 0 bridgehead atoms. The van der Waals surface area contributed by atoms with E-state index in [1.54, 1.807) is 6.92 Å². The predicted octanol–water partition coefficient (Wildman–Crippen LogP) is 1.35. The third-order valence-electron chi connectivity index (χ3n) is 2.03. The van der Waals surface area contributed by atoms with E-state index in [-0.39, 0.29) is 23.7 Å². The van der Waals surface area contributed by atoms with Crippen LogP contribution in [0.5, 0.6) is 11.5 Å². The fourth-order valence-corrected chi connectivity index (χ4v) is 1.32. The SMILES string of the molecule is CCOC(=O)C(OC)c1cc(O)ccc1O. The molecule has 0 saturated carbocycles. The van der Waals surface area contributed by atoms with Gasteiger partial charge in [0.05, 0.1) is 6.61 Å². The van der Waals surface area contributed by atoms with Gasteiger partial charge in [0.2, 0.25) is 0 Å². The first kappa shape index (κ1) is 12.3. The largest absolute Gasteiger partial charge is 0.508 e. The van der Waals surface area contributed by atoms with Crippen LogP contribution in [-0.2, 0) is 14.3 Å². The van der Waals surface area contributed by atoms with Crippen molar-refractivity contribution >= 4 is 5.97 Å².